The largest absolute Gasteiger partial charge is 0.354 e. The fraction of sp³-hybridized carbons (Fsp3) is 0.417. The molecule has 1 fully saturated rings. The quantitative estimate of drug-likeness (QED) is 0.778. The first-order valence-corrected chi connectivity index (χ1v) is 5.73. The van der Waals surface area contributed by atoms with Crippen LogP contribution in [0, 0.1) is 0 Å². The van der Waals surface area contributed by atoms with Crippen molar-refractivity contribution in [3.05, 3.63) is 35.9 Å². The summed E-state index contributed by atoms with van der Waals surface area (Å²) in [4.78, 5) is 11.9. The molecule has 3 heteroatoms. The van der Waals surface area contributed by atoms with E-state index in [1.54, 1.807) is 0 Å². The van der Waals surface area contributed by atoms with Crippen molar-refractivity contribution in [2.45, 2.75) is 18.3 Å². The van der Waals surface area contributed by atoms with Crippen molar-refractivity contribution in [3.63, 3.8) is 0 Å². The first-order chi connectivity index (χ1) is 7.29. The van der Waals surface area contributed by atoms with Gasteiger partial charge in [0.2, 0.25) is 5.91 Å². The van der Waals surface area contributed by atoms with Gasteiger partial charge in [-0.2, -0.15) is 0 Å². The van der Waals surface area contributed by atoms with Gasteiger partial charge in [0.05, 0.1) is 5.41 Å². The second-order valence-electron chi connectivity index (χ2n) is 3.89. The lowest BCUT2D eigenvalue weighted by atomic mass is 9.95. The van der Waals surface area contributed by atoms with Gasteiger partial charge in [0.1, 0.15) is 0 Å². The van der Waals surface area contributed by atoms with Crippen molar-refractivity contribution in [1.29, 1.82) is 0 Å². The third-order valence-electron chi connectivity index (χ3n) is 2.89. The van der Waals surface area contributed by atoms with Gasteiger partial charge in [-0.15, -0.1) is 11.6 Å². The Hall–Kier alpha value is -1.02. The van der Waals surface area contributed by atoms with Gasteiger partial charge in [-0.3, -0.25) is 4.79 Å². The van der Waals surface area contributed by atoms with Crippen molar-refractivity contribution >= 4 is 17.5 Å². The summed E-state index contributed by atoms with van der Waals surface area (Å²) in [7, 11) is 0. The molecule has 1 N–H and O–H groups in total. The van der Waals surface area contributed by atoms with Gasteiger partial charge in [0.15, 0.2) is 0 Å². The number of halogens is 1. The highest BCUT2D eigenvalue weighted by molar-refractivity contribution is 6.18. The molecule has 0 aromatic heterocycles. The zero-order valence-corrected chi connectivity index (χ0v) is 9.26. The summed E-state index contributed by atoms with van der Waals surface area (Å²) >= 11 is 5.55. The molecule has 0 saturated heterocycles. The van der Waals surface area contributed by atoms with Crippen LogP contribution in [-0.2, 0) is 10.2 Å². The number of amides is 1. The molecule has 80 valence electrons. The number of hydrogen-bond acceptors (Lipinski definition) is 1. The summed E-state index contributed by atoms with van der Waals surface area (Å²) in [5.74, 6) is 0.589. The van der Waals surface area contributed by atoms with E-state index in [-0.39, 0.29) is 11.3 Å². The molecule has 0 spiro atoms. The molecule has 2 rings (SSSR count). The predicted molar refractivity (Wildman–Crippen MR) is 61.1 cm³/mol. The highest BCUT2D eigenvalue weighted by atomic mass is 35.5. The molecular weight excluding hydrogens is 210 g/mol. The second kappa shape index (κ2) is 4.23. The van der Waals surface area contributed by atoms with Gasteiger partial charge in [-0.05, 0) is 18.4 Å². The Morgan fingerprint density at radius 1 is 1.33 bits per heavy atom. The molecule has 0 unspecified atom stereocenters. The Kier molecular flexibility index (Phi) is 2.96. The Labute approximate surface area is 94.6 Å². The zero-order valence-electron chi connectivity index (χ0n) is 8.50. The van der Waals surface area contributed by atoms with E-state index in [2.05, 4.69) is 5.32 Å². The van der Waals surface area contributed by atoms with Crippen LogP contribution < -0.4 is 5.32 Å². The van der Waals surface area contributed by atoms with Crippen LogP contribution in [0.15, 0.2) is 30.3 Å². The molecule has 0 aliphatic heterocycles. The molecule has 1 aromatic rings. The van der Waals surface area contributed by atoms with E-state index >= 15 is 0 Å². The summed E-state index contributed by atoms with van der Waals surface area (Å²) in [6.45, 7) is 0.551. The van der Waals surface area contributed by atoms with Crippen LogP contribution in [0.1, 0.15) is 18.4 Å². The lowest BCUT2D eigenvalue weighted by molar-refractivity contribution is -0.123. The Morgan fingerprint density at radius 3 is 2.53 bits per heavy atom. The van der Waals surface area contributed by atoms with E-state index in [9.17, 15) is 4.79 Å². The highest BCUT2D eigenvalue weighted by Gasteiger charge is 2.50. The lowest BCUT2D eigenvalue weighted by Crippen LogP contribution is -2.35. The molecule has 1 aliphatic carbocycles. The maximum atomic E-state index is 11.9. The number of rotatable bonds is 4. The second-order valence-corrected chi connectivity index (χ2v) is 4.27. The highest BCUT2D eigenvalue weighted by Crippen LogP contribution is 2.48. The number of carbonyl (C=O) groups excluding carboxylic acids is 1. The van der Waals surface area contributed by atoms with Crippen molar-refractivity contribution in [3.8, 4) is 0 Å². The molecule has 0 atom stereocenters. The summed E-state index contributed by atoms with van der Waals surface area (Å²) in [6, 6.07) is 9.96. The SMILES string of the molecule is O=C(NCCCl)C1(c2ccccc2)CC1. The predicted octanol–water partition coefficient (Wildman–Crippen LogP) is 2.07. The van der Waals surface area contributed by atoms with Crippen LogP contribution in [0.25, 0.3) is 0 Å². The van der Waals surface area contributed by atoms with Crippen LogP contribution in [0.3, 0.4) is 0 Å². The number of hydrogen-bond donors (Lipinski definition) is 1. The summed E-state index contributed by atoms with van der Waals surface area (Å²) in [5.41, 5.74) is 0.866. The van der Waals surface area contributed by atoms with Crippen LogP contribution in [-0.4, -0.2) is 18.3 Å². The van der Waals surface area contributed by atoms with E-state index in [1.807, 2.05) is 30.3 Å². The van der Waals surface area contributed by atoms with Gasteiger partial charge in [-0.25, -0.2) is 0 Å². The number of carbonyl (C=O) groups is 1. The number of alkyl halides is 1. The minimum atomic E-state index is -0.257. The molecule has 0 heterocycles. The Bertz CT molecular complexity index is 346. The van der Waals surface area contributed by atoms with Gasteiger partial charge in [0, 0.05) is 12.4 Å². The maximum absolute atomic E-state index is 11.9. The fourth-order valence-electron chi connectivity index (χ4n) is 1.86. The lowest BCUT2D eigenvalue weighted by Gasteiger charge is -2.14. The van der Waals surface area contributed by atoms with Gasteiger partial charge in [0.25, 0.3) is 0 Å². The fourth-order valence-corrected chi connectivity index (χ4v) is 1.95. The Balaban J connectivity index is 2.11. The third kappa shape index (κ3) is 2.00. The average Bonchev–Trinajstić information content (AvgIpc) is 3.08. The molecule has 2 nitrogen and oxygen atoms in total. The zero-order chi connectivity index (χ0) is 10.7. The standard InChI is InChI=1S/C12H14ClNO/c13-8-9-14-11(15)12(6-7-12)10-4-2-1-3-5-10/h1-5H,6-9H2,(H,14,15). The molecule has 1 amide bonds. The van der Waals surface area contributed by atoms with E-state index in [4.69, 9.17) is 11.6 Å². The summed E-state index contributed by atoms with van der Waals surface area (Å²) in [6.07, 6.45) is 1.90. The molecule has 1 saturated carbocycles. The van der Waals surface area contributed by atoms with Gasteiger partial charge >= 0.3 is 0 Å². The van der Waals surface area contributed by atoms with Crippen molar-refractivity contribution in [2.75, 3.05) is 12.4 Å². The first-order valence-electron chi connectivity index (χ1n) is 5.19. The first kappa shape index (κ1) is 10.5. The Morgan fingerprint density at radius 2 is 2.00 bits per heavy atom. The minimum Gasteiger partial charge on any atom is -0.354 e. The van der Waals surface area contributed by atoms with Crippen LogP contribution in [0.4, 0.5) is 0 Å². The third-order valence-corrected chi connectivity index (χ3v) is 3.08. The van der Waals surface area contributed by atoms with Gasteiger partial charge < -0.3 is 5.32 Å². The number of benzene rings is 1. The van der Waals surface area contributed by atoms with E-state index in [0.29, 0.717) is 12.4 Å². The van der Waals surface area contributed by atoms with Crippen molar-refractivity contribution < 1.29 is 4.79 Å². The molecule has 1 aromatic carbocycles. The molecule has 1 aliphatic rings. The summed E-state index contributed by atoms with van der Waals surface area (Å²) < 4.78 is 0. The average molecular weight is 224 g/mol. The molecule has 0 radical (unpaired) electrons. The van der Waals surface area contributed by atoms with Crippen LogP contribution in [0.2, 0.25) is 0 Å². The maximum Gasteiger partial charge on any atom is 0.230 e. The summed E-state index contributed by atoms with van der Waals surface area (Å²) in [5, 5.41) is 2.86. The topological polar surface area (TPSA) is 29.1 Å². The van der Waals surface area contributed by atoms with E-state index < -0.39 is 0 Å². The molecule has 15 heavy (non-hydrogen) atoms. The van der Waals surface area contributed by atoms with Gasteiger partial charge in [-0.1, -0.05) is 30.3 Å². The smallest absolute Gasteiger partial charge is 0.230 e. The van der Waals surface area contributed by atoms with E-state index in [1.165, 1.54) is 0 Å². The van der Waals surface area contributed by atoms with Crippen LogP contribution in [0.5, 0.6) is 0 Å². The van der Waals surface area contributed by atoms with Crippen LogP contribution >= 0.6 is 11.6 Å². The van der Waals surface area contributed by atoms with Crippen molar-refractivity contribution in [1.82, 2.24) is 5.32 Å². The van der Waals surface area contributed by atoms with E-state index in [0.717, 1.165) is 18.4 Å². The normalized spacial score (nSPS) is 17.1. The molecule has 0 bridgehead atoms. The van der Waals surface area contributed by atoms with Crippen molar-refractivity contribution in [2.24, 2.45) is 0 Å². The minimum absolute atomic E-state index is 0.120. The molecular formula is C12H14ClNO. The number of nitrogens with one attached hydrogen (secondary N) is 1. The monoisotopic (exact) mass is 223 g/mol.